The van der Waals surface area contributed by atoms with Crippen LogP contribution in [0.3, 0.4) is 0 Å². The molecule has 0 N–H and O–H groups in total. The van der Waals surface area contributed by atoms with Crippen LogP contribution in [0.1, 0.15) is 29.1 Å². The molecule has 4 rings (SSSR count). The second-order valence-corrected chi connectivity index (χ2v) is 8.18. The summed E-state index contributed by atoms with van der Waals surface area (Å²) in [6.45, 7) is 6.38. The number of hydrogen-bond donors (Lipinski definition) is 0. The van der Waals surface area contributed by atoms with Gasteiger partial charge in [-0.25, -0.2) is 0 Å². The number of morpholine rings is 1. The predicted octanol–water partition coefficient (Wildman–Crippen LogP) is 3.65. The van der Waals surface area contributed by atoms with Crippen LogP contribution in [-0.2, 0) is 22.6 Å². The van der Waals surface area contributed by atoms with Crippen molar-refractivity contribution in [3.05, 3.63) is 52.0 Å². The smallest absolute Gasteiger partial charge is 0.0888 e. The minimum absolute atomic E-state index is 0.374. The third-order valence-corrected chi connectivity index (χ3v) is 6.10. The molecule has 0 spiro atoms. The minimum Gasteiger partial charge on any atom is -0.375 e. The van der Waals surface area contributed by atoms with E-state index < -0.39 is 0 Å². The molecule has 134 valence electrons. The summed E-state index contributed by atoms with van der Waals surface area (Å²) in [7, 11) is 0. The number of aryl methyl sites for hydroxylation is 1. The minimum atomic E-state index is 0.374. The molecule has 3 heterocycles. The summed E-state index contributed by atoms with van der Waals surface area (Å²) in [5, 5.41) is 2.16. The first-order valence-corrected chi connectivity index (χ1v) is 10.0. The molecule has 4 nitrogen and oxygen atoms in total. The van der Waals surface area contributed by atoms with E-state index in [0.717, 1.165) is 44.1 Å². The van der Waals surface area contributed by atoms with E-state index in [-0.39, 0.29) is 0 Å². The Morgan fingerprint density at radius 2 is 2.24 bits per heavy atom. The van der Waals surface area contributed by atoms with Crippen molar-refractivity contribution in [2.24, 2.45) is 5.92 Å². The topological polar surface area (TPSA) is 34.6 Å². The van der Waals surface area contributed by atoms with Crippen molar-refractivity contribution in [2.75, 3.05) is 19.8 Å². The van der Waals surface area contributed by atoms with Crippen LogP contribution in [0.25, 0.3) is 0 Å². The van der Waals surface area contributed by atoms with Gasteiger partial charge in [0.05, 0.1) is 31.6 Å². The molecule has 2 aromatic rings. The molecule has 1 aliphatic heterocycles. The van der Waals surface area contributed by atoms with E-state index in [4.69, 9.17) is 9.47 Å². The lowest BCUT2D eigenvalue weighted by molar-refractivity contribution is -0.0588. The highest BCUT2D eigenvalue weighted by molar-refractivity contribution is 7.09. The second-order valence-electron chi connectivity index (χ2n) is 7.15. The van der Waals surface area contributed by atoms with Gasteiger partial charge in [-0.2, -0.15) is 0 Å². The molecule has 25 heavy (non-hydrogen) atoms. The van der Waals surface area contributed by atoms with Crippen molar-refractivity contribution in [1.82, 2.24) is 9.88 Å². The van der Waals surface area contributed by atoms with Crippen molar-refractivity contribution in [1.29, 1.82) is 0 Å². The Labute approximate surface area is 153 Å². The van der Waals surface area contributed by atoms with Gasteiger partial charge in [0, 0.05) is 29.7 Å². The Balaban J connectivity index is 1.29. The Morgan fingerprint density at radius 1 is 1.28 bits per heavy atom. The van der Waals surface area contributed by atoms with Gasteiger partial charge in [-0.3, -0.25) is 9.88 Å². The molecule has 0 bridgehead atoms. The fourth-order valence-corrected chi connectivity index (χ4v) is 4.80. The SMILES string of the molecule is Cc1cccc(COC[C@@H]2C[C@@H]3OCCN(Cc4cccs4)[C@@H]3C2)n1. The van der Waals surface area contributed by atoms with Crippen LogP contribution in [0.4, 0.5) is 0 Å². The maximum Gasteiger partial charge on any atom is 0.0888 e. The molecule has 0 aromatic carbocycles. The fraction of sp³-hybridized carbons (Fsp3) is 0.550. The molecule has 1 aliphatic carbocycles. The summed E-state index contributed by atoms with van der Waals surface area (Å²) in [6, 6.07) is 11.0. The first-order valence-electron chi connectivity index (χ1n) is 9.16. The van der Waals surface area contributed by atoms with E-state index in [0.29, 0.717) is 24.7 Å². The Hall–Kier alpha value is -1.27. The molecular formula is C20H26N2O2S. The van der Waals surface area contributed by atoms with Gasteiger partial charge in [-0.1, -0.05) is 12.1 Å². The summed E-state index contributed by atoms with van der Waals surface area (Å²) in [6.07, 6.45) is 2.67. The Bertz CT molecular complexity index is 676. The van der Waals surface area contributed by atoms with E-state index in [1.165, 1.54) is 11.3 Å². The largest absolute Gasteiger partial charge is 0.375 e. The lowest BCUT2D eigenvalue weighted by atomic mass is 10.1. The predicted molar refractivity (Wildman–Crippen MR) is 99.6 cm³/mol. The van der Waals surface area contributed by atoms with Crippen LogP contribution in [0, 0.1) is 12.8 Å². The molecule has 2 aromatic heterocycles. The monoisotopic (exact) mass is 358 g/mol. The first-order chi connectivity index (χ1) is 12.3. The maximum atomic E-state index is 6.06. The maximum absolute atomic E-state index is 6.06. The summed E-state index contributed by atoms with van der Waals surface area (Å²) in [5.41, 5.74) is 2.07. The number of thiophene rings is 1. The zero-order valence-electron chi connectivity index (χ0n) is 14.8. The van der Waals surface area contributed by atoms with Crippen molar-refractivity contribution in [2.45, 2.75) is 45.1 Å². The number of nitrogens with zero attached hydrogens (tertiary/aromatic N) is 2. The average molecular weight is 359 g/mol. The molecule has 0 unspecified atom stereocenters. The lowest BCUT2D eigenvalue weighted by Gasteiger charge is -2.37. The van der Waals surface area contributed by atoms with Gasteiger partial charge in [0.25, 0.3) is 0 Å². The normalized spacial score (nSPS) is 26.7. The fourth-order valence-electron chi connectivity index (χ4n) is 4.07. The molecule has 1 saturated carbocycles. The highest BCUT2D eigenvalue weighted by Gasteiger charge is 2.40. The zero-order valence-corrected chi connectivity index (χ0v) is 15.6. The van der Waals surface area contributed by atoms with Crippen LogP contribution >= 0.6 is 11.3 Å². The number of fused-ring (bicyclic) bond motifs is 1. The number of aromatic nitrogens is 1. The molecule has 5 heteroatoms. The second kappa shape index (κ2) is 7.96. The van der Waals surface area contributed by atoms with Gasteiger partial charge in [-0.15, -0.1) is 11.3 Å². The van der Waals surface area contributed by atoms with Crippen LogP contribution < -0.4 is 0 Å². The van der Waals surface area contributed by atoms with Crippen LogP contribution in [0.5, 0.6) is 0 Å². The Morgan fingerprint density at radius 3 is 3.08 bits per heavy atom. The van der Waals surface area contributed by atoms with E-state index >= 15 is 0 Å². The summed E-state index contributed by atoms with van der Waals surface area (Å²) >= 11 is 1.85. The van der Waals surface area contributed by atoms with Crippen molar-refractivity contribution in [3.8, 4) is 0 Å². The van der Waals surface area contributed by atoms with Gasteiger partial charge < -0.3 is 9.47 Å². The van der Waals surface area contributed by atoms with Gasteiger partial charge in [0.1, 0.15) is 0 Å². The molecule has 0 amide bonds. The molecule has 2 aliphatic rings. The molecule has 0 radical (unpaired) electrons. The third kappa shape index (κ3) is 4.29. The molecule has 3 atom stereocenters. The first kappa shape index (κ1) is 17.2. The van der Waals surface area contributed by atoms with E-state index in [9.17, 15) is 0 Å². The lowest BCUT2D eigenvalue weighted by Crippen LogP contribution is -2.47. The standard InChI is InChI=1S/C20H26N2O2S/c1-15-4-2-5-17(21-15)14-23-13-16-10-19-20(11-16)24-8-7-22(19)12-18-6-3-9-25-18/h2-6,9,16,19-20H,7-8,10-14H2,1H3/t16-,19+,20-/m0/s1. The highest BCUT2D eigenvalue weighted by atomic mass is 32.1. The van der Waals surface area contributed by atoms with Gasteiger partial charge >= 0.3 is 0 Å². The van der Waals surface area contributed by atoms with E-state index in [2.05, 4.69) is 27.4 Å². The molecular weight excluding hydrogens is 332 g/mol. The van der Waals surface area contributed by atoms with Crippen LogP contribution in [-0.4, -0.2) is 41.8 Å². The Kier molecular flexibility index (Phi) is 5.46. The summed E-state index contributed by atoms with van der Waals surface area (Å²) < 4.78 is 12.0. The van der Waals surface area contributed by atoms with Crippen molar-refractivity contribution < 1.29 is 9.47 Å². The number of rotatable bonds is 6. The van der Waals surface area contributed by atoms with Crippen LogP contribution in [0.15, 0.2) is 35.7 Å². The molecule has 1 saturated heterocycles. The quantitative estimate of drug-likeness (QED) is 0.789. The van der Waals surface area contributed by atoms with Crippen molar-refractivity contribution in [3.63, 3.8) is 0 Å². The number of hydrogen-bond acceptors (Lipinski definition) is 5. The van der Waals surface area contributed by atoms with Crippen molar-refractivity contribution >= 4 is 11.3 Å². The van der Waals surface area contributed by atoms with E-state index in [1.807, 2.05) is 36.5 Å². The summed E-state index contributed by atoms with van der Waals surface area (Å²) in [4.78, 5) is 8.57. The van der Waals surface area contributed by atoms with E-state index in [1.54, 1.807) is 0 Å². The van der Waals surface area contributed by atoms with Gasteiger partial charge in [-0.05, 0) is 49.3 Å². The zero-order chi connectivity index (χ0) is 17.1. The number of pyridine rings is 1. The molecule has 2 fully saturated rings. The van der Waals surface area contributed by atoms with Gasteiger partial charge in [0.2, 0.25) is 0 Å². The van der Waals surface area contributed by atoms with Gasteiger partial charge in [0.15, 0.2) is 0 Å². The summed E-state index contributed by atoms with van der Waals surface area (Å²) in [5.74, 6) is 0.587. The number of ether oxygens (including phenoxy) is 2. The van der Waals surface area contributed by atoms with Crippen LogP contribution in [0.2, 0.25) is 0 Å². The highest BCUT2D eigenvalue weighted by Crippen LogP contribution is 2.35. The third-order valence-electron chi connectivity index (χ3n) is 5.24. The average Bonchev–Trinajstić information content (AvgIpc) is 3.25.